The zero-order valence-corrected chi connectivity index (χ0v) is 16.0. The Morgan fingerprint density at radius 1 is 1.15 bits per heavy atom. The average Bonchev–Trinajstić information content (AvgIpc) is 3.28. The third kappa shape index (κ3) is 5.76. The van der Waals surface area contributed by atoms with Crippen LogP contribution in [0.15, 0.2) is 69.5 Å². The Hall–Kier alpha value is -2.46. The molecule has 1 amide bonds. The minimum absolute atomic E-state index is 0.0497. The molecule has 0 aliphatic heterocycles. The molecule has 0 atom stereocenters. The van der Waals surface area contributed by atoms with Gasteiger partial charge in [-0.05, 0) is 41.8 Å². The van der Waals surface area contributed by atoms with Crippen molar-refractivity contribution < 1.29 is 17.6 Å². The smallest absolute Gasteiger partial charge is 0.238 e. The number of primary sulfonamides is 1. The van der Waals surface area contributed by atoms with Gasteiger partial charge in [-0.15, -0.1) is 11.3 Å². The summed E-state index contributed by atoms with van der Waals surface area (Å²) in [5.74, 6) is 0.500. The molecule has 0 fully saturated rings. The van der Waals surface area contributed by atoms with E-state index in [1.54, 1.807) is 29.7 Å². The number of nitrogens with two attached hydrogens (primary N) is 1. The molecule has 2 aromatic heterocycles. The number of carbonyl (C=O) groups is 1. The minimum atomic E-state index is -3.83. The van der Waals surface area contributed by atoms with Gasteiger partial charge in [-0.25, -0.2) is 13.6 Å². The number of anilines is 1. The molecule has 0 radical (unpaired) electrons. The lowest BCUT2D eigenvalue weighted by atomic mass is 10.3. The molecular formula is C18H19N3O4S2. The number of amides is 1. The van der Waals surface area contributed by atoms with Gasteiger partial charge in [0.1, 0.15) is 5.76 Å². The van der Waals surface area contributed by atoms with Crippen molar-refractivity contribution in [3.63, 3.8) is 0 Å². The number of thiophene rings is 1. The monoisotopic (exact) mass is 405 g/mol. The van der Waals surface area contributed by atoms with Crippen molar-refractivity contribution in [2.75, 3.05) is 11.9 Å². The summed E-state index contributed by atoms with van der Waals surface area (Å²) in [6.45, 7) is 1.21. The molecule has 0 aliphatic rings. The lowest BCUT2D eigenvalue weighted by molar-refractivity contribution is -0.117. The second-order valence-electron chi connectivity index (χ2n) is 5.92. The number of nitrogens with zero attached hydrogens (tertiary/aromatic N) is 1. The van der Waals surface area contributed by atoms with E-state index >= 15 is 0 Å². The number of furan rings is 1. The van der Waals surface area contributed by atoms with Crippen molar-refractivity contribution >= 4 is 33.0 Å². The number of carbonyl (C=O) groups excluding carboxylic acids is 1. The van der Waals surface area contributed by atoms with Crippen LogP contribution >= 0.6 is 11.3 Å². The maximum atomic E-state index is 12.5. The molecule has 0 unspecified atom stereocenters. The normalized spacial score (nSPS) is 11.6. The van der Waals surface area contributed by atoms with Crippen molar-refractivity contribution in [3.8, 4) is 0 Å². The largest absolute Gasteiger partial charge is 0.468 e. The van der Waals surface area contributed by atoms with E-state index in [1.807, 2.05) is 28.5 Å². The summed E-state index contributed by atoms with van der Waals surface area (Å²) < 4.78 is 28.3. The van der Waals surface area contributed by atoms with E-state index in [9.17, 15) is 13.2 Å². The van der Waals surface area contributed by atoms with Crippen LogP contribution in [0.25, 0.3) is 0 Å². The quantitative estimate of drug-likeness (QED) is 0.599. The van der Waals surface area contributed by atoms with E-state index in [4.69, 9.17) is 9.56 Å². The number of sulfonamides is 1. The van der Waals surface area contributed by atoms with Gasteiger partial charge >= 0.3 is 0 Å². The van der Waals surface area contributed by atoms with Crippen molar-refractivity contribution in [2.24, 2.45) is 5.14 Å². The molecule has 9 heteroatoms. The first-order valence-corrected chi connectivity index (χ1v) is 10.5. The molecule has 7 nitrogen and oxygen atoms in total. The van der Waals surface area contributed by atoms with Crippen molar-refractivity contribution in [2.45, 2.75) is 18.0 Å². The lowest BCUT2D eigenvalue weighted by Gasteiger charge is -2.20. The van der Waals surface area contributed by atoms with Gasteiger partial charge in [0.15, 0.2) is 0 Å². The molecule has 27 heavy (non-hydrogen) atoms. The first-order valence-electron chi connectivity index (χ1n) is 8.10. The van der Waals surface area contributed by atoms with Gasteiger partial charge in [0.25, 0.3) is 0 Å². The highest BCUT2D eigenvalue weighted by atomic mass is 32.2. The van der Waals surface area contributed by atoms with Crippen LogP contribution in [0.4, 0.5) is 5.69 Å². The van der Waals surface area contributed by atoms with E-state index in [0.717, 1.165) is 10.6 Å². The maximum absolute atomic E-state index is 12.5. The van der Waals surface area contributed by atoms with Gasteiger partial charge < -0.3 is 9.73 Å². The van der Waals surface area contributed by atoms with Gasteiger partial charge in [0.2, 0.25) is 15.9 Å². The number of benzene rings is 1. The van der Waals surface area contributed by atoms with Gasteiger partial charge in [0, 0.05) is 17.1 Å². The fourth-order valence-corrected chi connectivity index (χ4v) is 3.87. The summed E-state index contributed by atoms with van der Waals surface area (Å²) in [4.78, 5) is 15.5. The number of rotatable bonds is 8. The van der Waals surface area contributed by atoms with E-state index in [2.05, 4.69) is 5.32 Å². The minimum Gasteiger partial charge on any atom is -0.468 e. The molecule has 0 aliphatic carbocycles. The molecule has 3 rings (SSSR count). The molecule has 142 valence electrons. The lowest BCUT2D eigenvalue weighted by Crippen LogP contribution is -2.32. The van der Waals surface area contributed by atoms with Gasteiger partial charge in [-0.2, -0.15) is 0 Å². The van der Waals surface area contributed by atoms with Crippen molar-refractivity contribution in [3.05, 3.63) is 70.8 Å². The average molecular weight is 406 g/mol. The van der Waals surface area contributed by atoms with Crippen LogP contribution in [0.5, 0.6) is 0 Å². The van der Waals surface area contributed by atoms with Gasteiger partial charge in [-0.1, -0.05) is 12.1 Å². The molecule has 3 aromatic rings. The number of hydrogen-bond acceptors (Lipinski definition) is 6. The molecule has 0 saturated heterocycles. The Kier molecular flexibility index (Phi) is 6.07. The topological polar surface area (TPSA) is 106 Å². The zero-order chi connectivity index (χ0) is 19.3. The summed E-state index contributed by atoms with van der Waals surface area (Å²) in [7, 11) is -3.83. The summed E-state index contributed by atoms with van der Waals surface area (Å²) >= 11 is 1.62. The summed E-state index contributed by atoms with van der Waals surface area (Å²) in [5.41, 5.74) is 0.376. The Morgan fingerprint density at radius 3 is 2.67 bits per heavy atom. The first kappa shape index (κ1) is 19.3. The summed E-state index contributed by atoms with van der Waals surface area (Å²) in [6.07, 6.45) is 1.59. The summed E-state index contributed by atoms with van der Waals surface area (Å²) in [6, 6.07) is 13.5. The summed E-state index contributed by atoms with van der Waals surface area (Å²) in [5, 5.41) is 9.83. The van der Waals surface area contributed by atoms with Crippen LogP contribution in [0.1, 0.15) is 10.6 Å². The second-order valence-corrected chi connectivity index (χ2v) is 8.52. The van der Waals surface area contributed by atoms with Crippen LogP contribution in [0.2, 0.25) is 0 Å². The third-order valence-electron chi connectivity index (χ3n) is 3.73. The SMILES string of the molecule is NS(=O)(=O)c1cccc(NC(=O)CN(Cc2ccco2)Cc2cccs2)c1. The molecule has 1 aromatic carbocycles. The van der Waals surface area contributed by atoms with E-state index in [1.165, 1.54) is 18.2 Å². The van der Waals surface area contributed by atoms with Crippen LogP contribution in [0, 0.1) is 0 Å². The maximum Gasteiger partial charge on any atom is 0.238 e. The van der Waals surface area contributed by atoms with Crippen LogP contribution in [-0.4, -0.2) is 25.8 Å². The standard InChI is InChI=1S/C18H19N3O4S2/c19-27(23,24)17-7-1-4-14(10-17)20-18(22)13-21(11-15-5-2-8-25-15)12-16-6-3-9-26-16/h1-10H,11-13H2,(H,20,22)(H2,19,23,24). The fourth-order valence-electron chi connectivity index (χ4n) is 2.57. The Labute approximate surface area is 161 Å². The molecule has 0 saturated carbocycles. The Balaban J connectivity index is 1.68. The predicted octanol–water partition coefficient (Wildman–Crippen LogP) is 2.63. The number of nitrogens with one attached hydrogen (secondary N) is 1. The molecule has 0 spiro atoms. The van der Waals surface area contributed by atoms with Crippen molar-refractivity contribution in [1.29, 1.82) is 0 Å². The zero-order valence-electron chi connectivity index (χ0n) is 14.4. The predicted molar refractivity (Wildman–Crippen MR) is 104 cm³/mol. The molecule has 2 heterocycles. The molecular weight excluding hydrogens is 386 g/mol. The van der Waals surface area contributed by atoms with Gasteiger partial charge in [0.05, 0.1) is 24.2 Å². The van der Waals surface area contributed by atoms with Gasteiger partial charge in [-0.3, -0.25) is 9.69 Å². The molecule has 0 bridgehead atoms. The molecule has 3 N–H and O–H groups in total. The van der Waals surface area contributed by atoms with Crippen LogP contribution < -0.4 is 10.5 Å². The highest BCUT2D eigenvalue weighted by Crippen LogP contribution is 2.16. The van der Waals surface area contributed by atoms with Crippen LogP contribution in [0.3, 0.4) is 0 Å². The Bertz CT molecular complexity index is 947. The van der Waals surface area contributed by atoms with Crippen molar-refractivity contribution in [1.82, 2.24) is 4.90 Å². The van der Waals surface area contributed by atoms with Crippen LogP contribution in [-0.2, 0) is 27.9 Å². The number of hydrogen-bond donors (Lipinski definition) is 2. The third-order valence-corrected chi connectivity index (χ3v) is 5.50. The van der Waals surface area contributed by atoms with E-state index in [-0.39, 0.29) is 17.3 Å². The second kappa shape index (κ2) is 8.49. The Morgan fingerprint density at radius 2 is 2.00 bits per heavy atom. The van der Waals surface area contributed by atoms with E-state index < -0.39 is 10.0 Å². The fraction of sp³-hybridized carbons (Fsp3) is 0.167. The van der Waals surface area contributed by atoms with E-state index in [0.29, 0.717) is 18.8 Å². The highest BCUT2D eigenvalue weighted by molar-refractivity contribution is 7.89. The highest BCUT2D eigenvalue weighted by Gasteiger charge is 2.15. The first-order chi connectivity index (χ1) is 12.9.